The van der Waals surface area contributed by atoms with Gasteiger partial charge < -0.3 is 15.1 Å². The fourth-order valence-electron chi connectivity index (χ4n) is 2.29. The van der Waals surface area contributed by atoms with E-state index in [9.17, 15) is 5.11 Å². The molecule has 2 aromatic carbocycles. The minimum atomic E-state index is -0.555. The van der Waals surface area contributed by atoms with Crippen LogP contribution in [0.5, 0.6) is 11.5 Å². The number of benzene rings is 2. The highest BCUT2D eigenvalue weighted by atomic mass is 16.5. The van der Waals surface area contributed by atoms with Crippen LogP contribution in [-0.4, -0.2) is 16.0 Å². The van der Waals surface area contributed by atoms with Crippen molar-refractivity contribution in [3.05, 3.63) is 59.7 Å². The second-order valence-corrected chi connectivity index (χ2v) is 4.43. The lowest BCUT2D eigenvalue weighted by atomic mass is 9.95. The summed E-state index contributed by atoms with van der Waals surface area (Å²) in [6.45, 7) is 0. The zero-order valence-corrected chi connectivity index (χ0v) is 10.2. The molecule has 3 rings (SSSR count). The highest BCUT2D eigenvalue weighted by Crippen LogP contribution is 2.36. The molecule has 4 heteroatoms. The lowest BCUT2D eigenvalue weighted by Gasteiger charge is -2.27. The van der Waals surface area contributed by atoms with Gasteiger partial charge in [-0.3, -0.25) is 0 Å². The molecule has 1 unspecified atom stereocenters. The van der Waals surface area contributed by atoms with Crippen LogP contribution in [-0.2, 0) is 6.42 Å². The monoisotopic (exact) mass is 255 g/mol. The highest BCUT2D eigenvalue weighted by molar-refractivity contribution is 5.93. The van der Waals surface area contributed by atoms with E-state index in [-0.39, 0.29) is 5.75 Å². The number of para-hydroxylation sites is 2. The summed E-state index contributed by atoms with van der Waals surface area (Å²) in [6.07, 6.45) is -0.0489. The predicted octanol–water partition coefficient (Wildman–Crippen LogP) is 2.90. The SMILES string of the molecule is ON=C1Cc2ccccc2OC1c1ccccc1O. The largest absolute Gasteiger partial charge is 0.508 e. The Balaban J connectivity index is 2.05. The van der Waals surface area contributed by atoms with Crippen LogP contribution in [0.2, 0.25) is 0 Å². The van der Waals surface area contributed by atoms with Gasteiger partial charge in [-0.15, -0.1) is 0 Å². The highest BCUT2D eigenvalue weighted by Gasteiger charge is 2.29. The second kappa shape index (κ2) is 4.65. The van der Waals surface area contributed by atoms with Crippen molar-refractivity contribution in [2.75, 3.05) is 0 Å². The summed E-state index contributed by atoms with van der Waals surface area (Å²) in [5.74, 6) is 0.885. The number of ether oxygens (including phenoxy) is 1. The number of nitrogens with zero attached hydrogens (tertiary/aromatic N) is 1. The van der Waals surface area contributed by atoms with Crippen molar-refractivity contribution in [2.24, 2.45) is 5.16 Å². The maximum Gasteiger partial charge on any atom is 0.169 e. The van der Waals surface area contributed by atoms with Crippen molar-refractivity contribution in [1.82, 2.24) is 0 Å². The minimum absolute atomic E-state index is 0.132. The fourth-order valence-corrected chi connectivity index (χ4v) is 2.29. The topological polar surface area (TPSA) is 62.1 Å². The van der Waals surface area contributed by atoms with Gasteiger partial charge in [0.2, 0.25) is 0 Å². The van der Waals surface area contributed by atoms with E-state index in [1.807, 2.05) is 30.3 Å². The van der Waals surface area contributed by atoms with E-state index >= 15 is 0 Å². The summed E-state index contributed by atoms with van der Waals surface area (Å²) in [6, 6.07) is 14.5. The molecule has 1 heterocycles. The fraction of sp³-hybridized carbons (Fsp3) is 0.133. The molecule has 2 aromatic rings. The van der Waals surface area contributed by atoms with Gasteiger partial charge in [-0.25, -0.2) is 0 Å². The van der Waals surface area contributed by atoms with Crippen molar-refractivity contribution in [3.63, 3.8) is 0 Å². The number of phenolic OH excluding ortho intramolecular Hbond substituents is 1. The van der Waals surface area contributed by atoms with Crippen LogP contribution in [0.4, 0.5) is 0 Å². The maximum atomic E-state index is 9.91. The third kappa shape index (κ3) is 2.01. The van der Waals surface area contributed by atoms with E-state index in [0.717, 1.165) is 11.3 Å². The molecule has 0 aliphatic carbocycles. The van der Waals surface area contributed by atoms with Crippen LogP contribution in [0, 0.1) is 0 Å². The zero-order valence-electron chi connectivity index (χ0n) is 10.2. The molecule has 1 atom stereocenters. The number of hydrogen-bond donors (Lipinski definition) is 2. The van der Waals surface area contributed by atoms with Crippen molar-refractivity contribution in [3.8, 4) is 11.5 Å². The Kier molecular flexibility index (Phi) is 2.83. The molecule has 0 bridgehead atoms. The van der Waals surface area contributed by atoms with Crippen LogP contribution in [0.25, 0.3) is 0 Å². The van der Waals surface area contributed by atoms with Gasteiger partial charge in [-0.05, 0) is 12.1 Å². The Bertz CT molecular complexity index is 637. The molecule has 0 saturated carbocycles. The Hall–Kier alpha value is -2.49. The van der Waals surface area contributed by atoms with Gasteiger partial charge in [-0.2, -0.15) is 0 Å². The van der Waals surface area contributed by atoms with E-state index in [1.54, 1.807) is 18.2 Å². The smallest absolute Gasteiger partial charge is 0.169 e. The number of hydrogen-bond acceptors (Lipinski definition) is 4. The number of aromatic hydroxyl groups is 1. The third-order valence-corrected chi connectivity index (χ3v) is 3.24. The Morgan fingerprint density at radius 1 is 1.05 bits per heavy atom. The molecule has 0 saturated heterocycles. The van der Waals surface area contributed by atoms with Crippen LogP contribution < -0.4 is 4.74 Å². The lowest BCUT2D eigenvalue weighted by Crippen LogP contribution is -2.26. The minimum Gasteiger partial charge on any atom is -0.508 e. The van der Waals surface area contributed by atoms with Gasteiger partial charge in [0, 0.05) is 17.5 Å². The summed E-state index contributed by atoms with van der Waals surface area (Å²) < 4.78 is 5.85. The van der Waals surface area contributed by atoms with Gasteiger partial charge in [-0.1, -0.05) is 41.6 Å². The van der Waals surface area contributed by atoms with Gasteiger partial charge in [0.15, 0.2) is 6.10 Å². The van der Waals surface area contributed by atoms with E-state index in [2.05, 4.69) is 5.16 Å². The quantitative estimate of drug-likeness (QED) is 0.608. The first-order chi connectivity index (χ1) is 9.29. The first-order valence-corrected chi connectivity index (χ1v) is 6.03. The van der Waals surface area contributed by atoms with Gasteiger partial charge in [0.05, 0.1) is 0 Å². The van der Waals surface area contributed by atoms with E-state index in [4.69, 9.17) is 9.94 Å². The van der Waals surface area contributed by atoms with Crippen LogP contribution in [0.15, 0.2) is 53.7 Å². The molecule has 2 N–H and O–H groups in total. The number of fused-ring (bicyclic) bond motifs is 1. The summed E-state index contributed by atoms with van der Waals surface area (Å²) in [4.78, 5) is 0. The number of oxime groups is 1. The predicted molar refractivity (Wildman–Crippen MR) is 70.8 cm³/mol. The molecule has 1 aliphatic rings. The average Bonchev–Trinajstić information content (AvgIpc) is 2.46. The second-order valence-electron chi connectivity index (χ2n) is 4.43. The summed E-state index contributed by atoms with van der Waals surface area (Å²) in [5, 5.41) is 22.4. The Labute approximate surface area is 110 Å². The average molecular weight is 255 g/mol. The van der Waals surface area contributed by atoms with Crippen LogP contribution in [0.3, 0.4) is 0 Å². The van der Waals surface area contributed by atoms with Gasteiger partial charge in [0.1, 0.15) is 17.2 Å². The molecule has 0 radical (unpaired) electrons. The van der Waals surface area contributed by atoms with Crippen LogP contribution in [0.1, 0.15) is 17.2 Å². The molecule has 0 amide bonds. The van der Waals surface area contributed by atoms with Crippen molar-refractivity contribution < 1.29 is 15.1 Å². The molecule has 19 heavy (non-hydrogen) atoms. The van der Waals surface area contributed by atoms with Crippen molar-refractivity contribution in [1.29, 1.82) is 0 Å². The first-order valence-electron chi connectivity index (χ1n) is 6.03. The van der Waals surface area contributed by atoms with Crippen molar-refractivity contribution in [2.45, 2.75) is 12.5 Å². The van der Waals surface area contributed by atoms with Crippen molar-refractivity contribution >= 4 is 5.71 Å². The molecular formula is C15H13NO3. The Morgan fingerprint density at radius 3 is 2.58 bits per heavy atom. The van der Waals surface area contributed by atoms with Gasteiger partial charge in [0.25, 0.3) is 0 Å². The molecule has 0 fully saturated rings. The third-order valence-electron chi connectivity index (χ3n) is 3.24. The zero-order chi connectivity index (χ0) is 13.2. The van der Waals surface area contributed by atoms with E-state index in [1.165, 1.54) is 0 Å². The Morgan fingerprint density at radius 2 is 1.79 bits per heavy atom. The number of rotatable bonds is 1. The lowest BCUT2D eigenvalue weighted by molar-refractivity contribution is 0.239. The van der Waals surface area contributed by atoms with Crippen LogP contribution >= 0.6 is 0 Å². The molecule has 96 valence electrons. The van der Waals surface area contributed by atoms with E-state index < -0.39 is 6.10 Å². The van der Waals surface area contributed by atoms with Gasteiger partial charge >= 0.3 is 0 Å². The molecule has 0 aromatic heterocycles. The molecular weight excluding hydrogens is 242 g/mol. The molecule has 4 nitrogen and oxygen atoms in total. The van der Waals surface area contributed by atoms with E-state index in [0.29, 0.717) is 17.7 Å². The summed E-state index contributed by atoms with van der Waals surface area (Å²) in [7, 11) is 0. The molecule has 0 spiro atoms. The standard InChI is InChI=1S/C15H13NO3/c17-13-7-3-2-6-11(13)15-12(16-18)9-10-5-1-4-8-14(10)19-15/h1-8,15,17-18H,9H2. The number of phenols is 1. The summed E-state index contributed by atoms with van der Waals surface area (Å²) in [5.41, 5.74) is 2.06. The molecule has 1 aliphatic heterocycles. The summed E-state index contributed by atoms with van der Waals surface area (Å²) >= 11 is 0. The normalized spacial score (nSPS) is 19.8. The first kappa shape index (κ1) is 11.6. The maximum absolute atomic E-state index is 9.91.